The largest absolute Gasteiger partial charge is 0.207 e. The molecular weight excluding hydrogens is 150 g/mol. The smallest absolute Gasteiger partial charge is 0.123 e. The zero-order chi connectivity index (χ0) is 5.11. The fourth-order valence-electron chi connectivity index (χ4n) is 0.367. The Morgan fingerprint density at radius 3 is 2.00 bits per heavy atom. The molecule has 0 aliphatic heterocycles. The van der Waals surface area contributed by atoms with Gasteiger partial charge in [-0.1, -0.05) is 12.1 Å². The Bertz CT molecular complexity index is 138. The second kappa shape index (κ2) is 3.62. The summed E-state index contributed by atoms with van der Waals surface area (Å²) < 4.78 is 11.9. The molecule has 0 saturated carbocycles. The SMILES string of the molecule is Fc1cc[c]cc1.[Ni]. The van der Waals surface area contributed by atoms with Crippen LogP contribution in [0.3, 0.4) is 0 Å². The van der Waals surface area contributed by atoms with Crippen molar-refractivity contribution >= 4 is 0 Å². The summed E-state index contributed by atoms with van der Waals surface area (Å²) in [5, 5.41) is 0. The number of benzene rings is 1. The van der Waals surface area contributed by atoms with Gasteiger partial charge in [0.15, 0.2) is 0 Å². The first kappa shape index (κ1) is 7.64. The number of rotatable bonds is 0. The van der Waals surface area contributed by atoms with Gasteiger partial charge >= 0.3 is 0 Å². The summed E-state index contributed by atoms with van der Waals surface area (Å²) in [5.74, 6) is -0.209. The molecule has 0 aliphatic rings. The molecule has 0 heterocycles. The molecular formula is C6H4FNi. The van der Waals surface area contributed by atoms with Crippen LogP contribution in [0.4, 0.5) is 4.39 Å². The van der Waals surface area contributed by atoms with Gasteiger partial charge in [-0.15, -0.1) is 0 Å². The van der Waals surface area contributed by atoms with Gasteiger partial charge in [0.05, 0.1) is 0 Å². The van der Waals surface area contributed by atoms with Gasteiger partial charge in [0, 0.05) is 16.5 Å². The average Bonchev–Trinajstić information content (AvgIpc) is 1.69. The Hall–Kier alpha value is -0.356. The Morgan fingerprint density at radius 1 is 1.25 bits per heavy atom. The predicted octanol–water partition coefficient (Wildman–Crippen LogP) is 1.62. The summed E-state index contributed by atoms with van der Waals surface area (Å²) in [7, 11) is 0. The number of halogens is 1. The van der Waals surface area contributed by atoms with Gasteiger partial charge in [0.1, 0.15) is 5.82 Å². The average molecular weight is 154 g/mol. The van der Waals surface area contributed by atoms with E-state index in [9.17, 15) is 4.39 Å². The molecule has 0 N–H and O–H groups in total. The van der Waals surface area contributed by atoms with E-state index in [-0.39, 0.29) is 22.3 Å². The monoisotopic (exact) mass is 153 g/mol. The van der Waals surface area contributed by atoms with Gasteiger partial charge in [-0.3, -0.25) is 0 Å². The van der Waals surface area contributed by atoms with Crippen molar-refractivity contribution in [2.45, 2.75) is 0 Å². The summed E-state index contributed by atoms with van der Waals surface area (Å²) in [5.41, 5.74) is 0. The first-order chi connectivity index (χ1) is 3.39. The fraction of sp³-hybridized carbons (Fsp3) is 0. The minimum atomic E-state index is -0.209. The molecule has 1 radical (unpaired) electrons. The van der Waals surface area contributed by atoms with Gasteiger partial charge < -0.3 is 0 Å². The molecule has 1 rings (SSSR count). The van der Waals surface area contributed by atoms with Crippen LogP contribution in [0.15, 0.2) is 24.3 Å². The van der Waals surface area contributed by atoms with Gasteiger partial charge in [0.25, 0.3) is 0 Å². The van der Waals surface area contributed by atoms with E-state index in [1.165, 1.54) is 24.3 Å². The zero-order valence-electron chi connectivity index (χ0n) is 4.00. The minimum Gasteiger partial charge on any atom is -0.207 e. The summed E-state index contributed by atoms with van der Waals surface area (Å²) in [6.45, 7) is 0. The Balaban J connectivity index is 0.000000490. The predicted molar refractivity (Wildman–Crippen MR) is 25.2 cm³/mol. The molecule has 8 heavy (non-hydrogen) atoms. The topological polar surface area (TPSA) is 0 Å². The van der Waals surface area contributed by atoms with Crippen molar-refractivity contribution in [2.24, 2.45) is 0 Å². The first-order valence-electron chi connectivity index (χ1n) is 2.01. The molecule has 0 aliphatic carbocycles. The molecule has 2 heteroatoms. The third-order valence-electron chi connectivity index (χ3n) is 0.678. The van der Waals surface area contributed by atoms with Crippen LogP contribution < -0.4 is 0 Å². The van der Waals surface area contributed by atoms with Crippen LogP contribution in [-0.4, -0.2) is 0 Å². The molecule has 1 aromatic carbocycles. The molecule has 0 fully saturated rings. The van der Waals surface area contributed by atoms with Crippen molar-refractivity contribution in [2.75, 3.05) is 0 Å². The van der Waals surface area contributed by atoms with Crippen molar-refractivity contribution in [1.29, 1.82) is 0 Å². The van der Waals surface area contributed by atoms with Crippen LogP contribution >= 0.6 is 0 Å². The normalized spacial score (nSPS) is 7.62. The van der Waals surface area contributed by atoms with E-state index in [0.29, 0.717) is 0 Å². The van der Waals surface area contributed by atoms with Crippen molar-refractivity contribution in [3.05, 3.63) is 36.1 Å². The molecule has 1 aromatic rings. The molecule has 0 aromatic heterocycles. The van der Waals surface area contributed by atoms with Crippen LogP contribution in [0, 0.1) is 11.9 Å². The van der Waals surface area contributed by atoms with E-state index in [0.717, 1.165) is 0 Å². The maximum absolute atomic E-state index is 11.9. The molecule has 0 unspecified atom stereocenters. The van der Waals surface area contributed by atoms with Gasteiger partial charge in [-0.05, 0) is 18.2 Å². The van der Waals surface area contributed by atoms with E-state index >= 15 is 0 Å². The summed E-state index contributed by atoms with van der Waals surface area (Å²) in [6.07, 6.45) is 0. The van der Waals surface area contributed by atoms with Gasteiger partial charge in [-0.2, -0.15) is 0 Å². The van der Waals surface area contributed by atoms with Crippen LogP contribution in [0.25, 0.3) is 0 Å². The Morgan fingerprint density at radius 2 is 1.75 bits per heavy atom. The Kier molecular flexibility index (Phi) is 3.46. The summed E-state index contributed by atoms with van der Waals surface area (Å²) in [6, 6.07) is 8.49. The van der Waals surface area contributed by atoms with Crippen LogP contribution in [0.1, 0.15) is 0 Å². The van der Waals surface area contributed by atoms with E-state index in [4.69, 9.17) is 0 Å². The molecule has 0 nitrogen and oxygen atoms in total. The van der Waals surface area contributed by atoms with Crippen LogP contribution in [0.2, 0.25) is 0 Å². The maximum atomic E-state index is 11.9. The third kappa shape index (κ3) is 2.08. The van der Waals surface area contributed by atoms with Gasteiger partial charge in [-0.25, -0.2) is 4.39 Å². The number of hydrogen-bond acceptors (Lipinski definition) is 0. The Labute approximate surface area is 57.6 Å². The van der Waals surface area contributed by atoms with Crippen LogP contribution in [-0.2, 0) is 16.5 Å². The fourth-order valence-corrected chi connectivity index (χ4v) is 0.367. The molecule has 0 bridgehead atoms. The second-order valence-electron chi connectivity index (χ2n) is 1.22. The molecule has 45 valence electrons. The van der Waals surface area contributed by atoms with Crippen molar-refractivity contribution in [3.63, 3.8) is 0 Å². The molecule has 0 amide bonds. The molecule has 0 saturated heterocycles. The van der Waals surface area contributed by atoms with E-state index < -0.39 is 0 Å². The van der Waals surface area contributed by atoms with E-state index in [1.807, 2.05) is 0 Å². The van der Waals surface area contributed by atoms with Gasteiger partial charge in [0.2, 0.25) is 0 Å². The molecule has 0 atom stereocenters. The van der Waals surface area contributed by atoms with E-state index in [1.54, 1.807) is 0 Å². The van der Waals surface area contributed by atoms with Crippen molar-refractivity contribution in [1.82, 2.24) is 0 Å². The second-order valence-corrected chi connectivity index (χ2v) is 1.22. The minimum absolute atomic E-state index is 0. The quantitative estimate of drug-likeness (QED) is 0.498. The van der Waals surface area contributed by atoms with Crippen LogP contribution in [0.5, 0.6) is 0 Å². The zero-order valence-corrected chi connectivity index (χ0v) is 4.99. The van der Waals surface area contributed by atoms with Crippen molar-refractivity contribution in [3.8, 4) is 0 Å². The summed E-state index contributed by atoms with van der Waals surface area (Å²) in [4.78, 5) is 0. The molecule has 0 spiro atoms. The van der Waals surface area contributed by atoms with E-state index in [2.05, 4.69) is 6.07 Å². The first-order valence-corrected chi connectivity index (χ1v) is 2.01. The maximum Gasteiger partial charge on any atom is 0.123 e. The summed E-state index contributed by atoms with van der Waals surface area (Å²) >= 11 is 0. The van der Waals surface area contributed by atoms with Crippen molar-refractivity contribution < 1.29 is 20.9 Å². The standard InChI is InChI=1S/C6H4F.Ni/c7-6-4-2-1-3-5-6;/h2-5H;. The number of hydrogen-bond donors (Lipinski definition) is 0. The third-order valence-corrected chi connectivity index (χ3v) is 0.678.